The highest BCUT2D eigenvalue weighted by Gasteiger charge is 2.17. The molecule has 8 nitrogen and oxygen atoms in total. The standard InChI is InChI=1S/C17H20N4O4/c1-11-10-14(20(12(2)22)13(3)23)8-9-15(11)18-19-16-6-4-5-7-17(16)21(24)25/h4-10,12-13,22-23H,1-3H3. The number of nitrogens with zero attached hydrogens (tertiary/aromatic N) is 4. The first kappa shape index (κ1) is 18.5. The van der Waals surface area contributed by atoms with E-state index in [1.54, 1.807) is 51.1 Å². The van der Waals surface area contributed by atoms with Gasteiger partial charge in [-0.1, -0.05) is 12.1 Å². The first-order valence-electron chi connectivity index (χ1n) is 7.71. The van der Waals surface area contributed by atoms with E-state index in [9.17, 15) is 20.3 Å². The number of benzene rings is 2. The van der Waals surface area contributed by atoms with Gasteiger partial charge in [0.2, 0.25) is 0 Å². The predicted octanol–water partition coefficient (Wildman–Crippen LogP) is 3.80. The van der Waals surface area contributed by atoms with E-state index in [1.165, 1.54) is 17.0 Å². The summed E-state index contributed by atoms with van der Waals surface area (Å²) in [6, 6.07) is 11.2. The predicted molar refractivity (Wildman–Crippen MR) is 94.3 cm³/mol. The fourth-order valence-electron chi connectivity index (χ4n) is 2.47. The van der Waals surface area contributed by atoms with Crippen LogP contribution in [-0.2, 0) is 0 Å². The highest BCUT2D eigenvalue weighted by molar-refractivity contribution is 5.59. The van der Waals surface area contributed by atoms with Gasteiger partial charge in [-0.05, 0) is 50.6 Å². The summed E-state index contributed by atoms with van der Waals surface area (Å²) in [5, 5.41) is 38.6. The van der Waals surface area contributed by atoms with E-state index in [2.05, 4.69) is 10.2 Å². The van der Waals surface area contributed by atoms with Crippen LogP contribution in [0.15, 0.2) is 52.7 Å². The molecule has 0 saturated heterocycles. The molecule has 0 amide bonds. The fraction of sp³-hybridized carbons (Fsp3) is 0.294. The van der Waals surface area contributed by atoms with Crippen LogP contribution in [0, 0.1) is 17.0 Å². The van der Waals surface area contributed by atoms with Crippen LogP contribution in [0.1, 0.15) is 19.4 Å². The molecule has 0 saturated carbocycles. The molecule has 0 spiro atoms. The van der Waals surface area contributed by atoms with Gasteiger partial charge in [-0.3, -0.25) is 10.1 Å². The normalized spacial score (nSPS) is 13.6. The number of anilines is 1. The van der Waals surface area contributed by atoms with Crippen molar-refractivity contribution in [1.82, 2.24) is 0 Å². The van der Waals surface area contributed by atoms with Gasteiger partial charge in [-0.2, -0.15) is 5.11 Å². The number of azo groups is 1. The third-order valence-corrected chi connectivity index (χ3v) is 3.63. The quantitative estimate of drug-likeness (QED) is 0.358. The number of nitro benzene ring substituents is 1. The second kappa shape index (κ2) is 7.82. The van der Waals surface area contributed by atoms with Crippen molar-refractivity contribution < 1.29 is 15.1 Å². The molecular formula is C17H20N4O4. The Morgan fingerprint density at radius 1 is 1.04 bits per heavy atom. The van der Waals surface area contributed by atoms with Gasteiger partial charge in [0.15, 0.2) is 5.69 Å². The molecule has 0 aromatic heterocycles. The number of para-hydroxylation sites is 1. The molecule has 132 valence electrons. The molecule has 2 aromatic carbocycles. The van der Waals surface area contributed by atoms with Crippen LogP contribution < -0.4 is 4.90 Å². The van der Waals surface area contributed by atoms with E-state index in [1.807, 2.05) is 0 Å². The smallest absolute Gasteiger partial charge is 0.296 e. The van der Waals surface area contributed by atoms with Gasteiger partial charge in [0.05, 0.1) is 10.6 Å². The Balaban J connectivity index is 2.32. The van der Waals surface area contributed by atoms with Crippen molar-refractivity contribution in [2.24, 2.45) is 10.2 Å². The number of aliphatic hydroxyl groups is 2. The Kier molecular flexibility index (Phi) is 5.79. The van der Waals surface area contributed by atoms with E-state index in [0.717, 1.165) is 5.56 Å². The van der Waals surface area contributed by atoms with Crippen molar-refractivity contribution in [3.63, 3.8) is 0 Å². The summed E-state index contributed by atoms with van der Waals surface area (Å²) in [6.45, 7) is 4.92. The minimum absolute atomic E-state index is 0.116. The van der Waals surface area contributed by atoms with E-state index >= 15 is 0 Å². The second-order valence-electron chi connectivity index (χ2n) is 5.59. The van der Waals surface area contributed by atoms with E-state index in [4.69, 9.17) is 0 Å². The van der Waals surface area contributed by atoms with E-state index in [0.29, 0.717) is 11.4 Å². The summed E-state index contributed by atoms with van der Waals surface area (Å²) in [7, 11) is 0. The molecule has 0 aliphatic heterocycles. The van der Waals surface area contributed by atoms with Crippen molar-refractivity contribution in [1.29, 1.82) is 0 Å². The number of aryl methyl sites for hydroxylation is 1. The number of nitro groups is 1. The first-order valence-corrected chi connectivity index (χ1v) is 7.71. The van der Waals surface area contributed by atoms with Gasteiger partial charge in [0.25, 0.3) is 5.69 Å². The molecule has 2 unspecified atom stereocenters. The number of hydrogen-bond donors (Lipinski definition) is 2. The number of aliphatic hydroxyl groups excluding tert-OH is 2. The maximum absolute atomic E-state index is 11.0. The van der Waals surface area contributed by atoms with Gasteiger partial charge in [0, 0.05) is 11.8 Å². The molecule has 2 aromatic rings. The molecule has 0 fully saturated rings. The van der Waals surface area contributed by atoms with Crippen molar-refractivity contribution >= 4 is 22.7 Å². The molecule has 0 radical (unpaired) electrons. The Hall–Kier alpha value is -2.84. The Morgan fingerprint density at radius 2 is 1.64 bits per heavy atom. The number of rotatable bonds is 6. The van der Waals surface area contributed by atoms with Crippen LogP contribution in [0.2, 0.25) is 0 Å². The third-order valence-electron chi connectivity index (χ3n) is 3.63. The minimum atomic E-state index is -0.862. The first-order chi connectivity index (χ1) is 11.8. The Morgan fingerprint density at radius 3 is 2.20 bits per heavy atom. The third kappa shape index (κ3) is 4.37. The van der Waals surface area contributed by atoms with Gasteiger partial charge < -0.3 is 15.1 Å². The van der Waals surface area contributed by atoms with Crippen molar-refractivity contribution in [2.45, 2.75) is 33.2 Å². The zero-order chi connectivity index (χ0) is 18.6. The molecule has 2 rings (SSSR count). The highest BCUT2D eigenvalue weighted by Crippen LogP contribution is 2.31. The van der Waals surface area contributed by atoms with Crippen molar-refractivity contribution in [3.8, 4) is 0 Å². The maximum atomic E-state index is 11.0. The van der Waals surface area contributed by atoms with Gasteiger partial charge in [-0.15, -0.1) is 5.11 Å². The second-order valence-corrected chi connectivity index (χ2v) is 5.59. The summed E-state index contributed by atoms with van der Waals surface area (Å²) in [5.41, 5.74) is 1.98. The van der Waals surface area contributed by atoms with Crippen molar-refractivity contribution in [3.05, 3.63) is 58.1 Å². The average Bonchev–Trinajstić information content (AvgIpc) is 2.53. The molecule has 0 aliphatic carbocycles. The summed E-state index contributed by atoms with van der Waals surface area (Å²) in [5.74, 6) is 0. The van der Waals surface area contributed by atoms with Crippen LogP contribution >= 0.6 is 0 Å². The van der Waals surface area contributed by atoms with E-state index < -0.39 is 17.4 Å². The van der Waals surface area contributed by atoms with Gasteiger partial charge in [-0.25, -0.2) is 0 Å². The summed E-state index contributed by atoms with van der Waals surface area (Å²) in [6.07, 6.45) is -1.72. The molecule has 25 heavy (non-hydrogen) atoms. The monoisotopic (exact) mass is 344 g/mol. The van der Waals surface area contributed by atoms with E-state index in [-0.39, 0.29) is 11.4 Å². The van der Waals surface area contributed by atoms with Gasteiger partial charge in [0.1, 0.15) is 12.5 Å². The zero-order valence-corrected chi connectivity index (χ0v) is 14.2. The molecule has 2 atom stereocenters. The number of hydrogen-bond acceptors (Lipinski definition) is 7. The lowest BCUT2D eigenvalue weighted by Crippen LogP contribution is -2.40. The maximum Gasteiger partial charge on any atom is 0.296 e. The zero-order valence-electron chi connectivity index (χ0n) is 14.2. The van der Waals surface area contributed by atoms with Crippen LogP contribution in [-0.4, -0.2) is 27.6 Å². The summed E-state index contributed by atoms with van der Waals surface area (Å²) >= 11 is 0. The average molecular weight is 344 g/mol. The summed E-state index contributed by atoms with van der Waals surface area (Å²) < 4.78 is 0. The fourth-order valence-corrected chi connectivity index (χ4v) is 2.47. The van der Waals surface area contributed by atoms with Crippen LogP contribution in [0.25, 0.3) is 0 Å². The molecule has 2 N–H and O–H groups in total. The SMILES string of the molecule is Cc1cc(N(C(C)O)C(C)O)ccc1N=Nc1ccccc1[N+](=O)[O-]. The van der Waals surface area contributed by atoms with Crippen molar-refractivity contribution in [2.75, 3.05) is 4.90 Å². The lowest BCUT2D eigenvalue weighted by Gasteiger charge is -2.30. The summed E-state index contributed by atoms with van der Waals surface area (Å²) in [4.78, 5) is 11.9. The molecule has 0 bridgehead atoms. The van der Waals surface area contributed by atoms with Crippen LogP contribution in [0.4, 0.5) is 22.7 Å². The van der Waals surface area contributed by atoms with Gasteiger partial charge >= 0.3 is 0 Å². The molecule has 0 aliphatic rings. The topological polar surface area (TPSA) is 112 Å². The molecule has 8 heteroatoms. The lowest BCUT2D eigenvalue weighted by molar-refractivity contribution is -0.384. The van der Waals surface area contributed by atoms with Crippen LogP contribution in [0.5, 0.6) is 0 Å². The molecule has 0 heterocycles. The minimum Gasteiger partial charge on any atom is -0.374 e. The Bertz CT molecular complexity index is 782. The lowest BCUT2D eigenvalue weighted by atomic mass is 10.1. The Labute approximate surface area is 145 Å². The molecular weight excluding hydrogens is 324 g/mol. The highest BCUT2D eigenvalue weighted by atomic mass is 16.6. The van der Waals surface area contributed by atoms with Crippen LogP contribution in [0.3, 0.4) is 0 Å². The largest absolute Gasteiger partial charge is 0.374 e.